The maximum atomic E-state index is 12.7. The Morgan fingerprint density at radius 1 is 0.938 bits per heavy atom. The fraction of sp³-hybridized carbons (Fsp3) is 0.375. The average Bonchev–Trinajstić information content (AvgIpc) is 2.78. The number of hydrogen-bond acceptors (Lipinski definition) is 4. The molecule has 0 unspecified atom stereocenters. The van der Waals surface area contributed by atoms with E-state index < -0.39 is 6.04 Å². The van der Waals surface area contributed by atoms with E-state index in [0.717, 1.165) is 24.8 Å². The molecule has 0 aromatic heterocycles. The summed E-state index contributed by atoms with van der Waals surface area (Å²) in [6.45, 7) is 0.748. The maximum absolute atomic E-state index is 12.7. The molecule has 2 amide bonds. The molecule has 0 aliphatic carbocycles. The number of aromatic hydroxyl groups is 1. The number of aryl methyl sites for hydroxylation is 1. The van der Waals surface area contributed by atoms with Gasteiger partial charge in [0.2, 0.25) is 11.8 Å². The summed E-state index contributed by atoms with van der Waals surface area (Å²) in [6.07, 6.45) is 3.93. The minimum absolute atomic E-state index is 0.124. The van der Waals surface area contributed by atoms with E-state index in [1.807, 2.05) is 18.2 Å². The Labute approximate surface area is 189 Å². The standard InChI is InChI=1S/C24H33N5O3/c25-24(26)27-16-6-10-21(23(32)28-17-19-12-14-20(30)15-13-19)29-22(31)11-5-4-9-18-7-2-1-3-8-18/h1-3,7-8,12-15,21,30H,4-6,9-11,16-17H2,(H,28,32)(H,29,31)(H4,25,26,27)/t21-/m1/s1. The molecule has 32 heavy (non-hydrogen) atoms. The normalized spacial score (nSPS) is 11.4. The van der Waals surface area contributed by atoms with Gasteiger partial charge in [0.15, 0.2) is 5.96 Å². The summed E-state index contributed by atoms with van der Waals surface area (Å²) in [5.41, 5.74) is 7.38. The molecule has 0 heterocycles. The molecule has 7 N–H and O–H groups in total. The molecular weight excluding hydrogens is 406 g/mol. The summed E-state index contributed by atoms with van der Waals surface area (Å²) in [5.74, 6) is -0.378. The third-order valence-corrected chi connectivity index (χ3v) is 5.00. The number of unbranched alkanes of at least 4 members (excludes halogenated alkanes) is 1. The molecule has 2 rings (SSSR count). The quantitative estimate of drug-likeness (QED) is 0.161. The Morgan fingerprint density at radius 3 is 2.34 bits per heavy atom. The van der Waals surface area contributed by atoms with Crippen LogP contribution in [0.1, 0.15) is 43.2 Å². The predicted molar refractivity (Wildman–Crippen MR) is 125 cm³/mol. The number of nitrogens with two attached hydrogens (primary N) is 1. The number of carbonyl (C=O) groups excluding carboxylic acids is 2. The summed E-state index contributed by atoms with van der Waals surface area (Å²) in [6, 6.07) is 16.0. The van der Waals surface area contributed by atoms with Crippen molar-refractivity contribution in [2.24, 2.45) is 5.73 Å². The van der Waals surface area contributed by atoms with Crippen LogP contribution in [0.3, 0.4) is 0 Å². The van der Waals surface area contributed by atoms with Gasteiger partial charge in [0, 0.05) is 19.5 Å². The van der Waals surface area contributed by atoms with E-state index in [1.54, 1.807) is 24.3 Å². The maximum Gasteiger partial charge on any atom is 0.242 e. The van der Waals surface area contributed by atoms with Crippen molar-refractivity contribution in [1.82, 2.24) is 16.0 Å². The number of phenolic OH excluding ortho intramolecular Hbond substituents is 1. The van der Waals surface area contributed by atoms with Gasteiger partial charge >= 0.3 is 0 Å². The molecule has 0 saturated heterocycles. The first kappa shape index (κ1) is 24.7. The Bertz CT molecular complexity index is 856. The lowest BCUT2D eigenvalue weighted by Crippen LogP contribution is -2.47. The molecule has 0 spiro atoms. The van der Waals surface area contributed by atoms with Gasteiger partial charge in [0.05, 0.1) is 0 Å². The van der Waals surface area contributed by atoms with Crippen LogP contribution >= 0.6 is 0 Å². The Kier molecular flexibility index (Phi) is 10.6. The molecule has 2 aromatic rings. The topological polar surface area (TPSA) is 140 Å². The summed E-state index contributed by atoms with van der Waals surface area (Å²) in [5, 5.41) is 25.0. The van der Waals surface area contributed by atoms with Crippen LogP contribution in [0.4, 0.5) is 0 Å². The second-order valence-electron chi connectivity index (χ2n) is 7.68. The lowest BCUT2D eigenvalue weighted by Gasteiger charge is -2.19. The van der Waals surface area contributed by atoms with Crippen LogP contribution < -0.4 is 21.7 Å². The fourth-order valence-corrected chi connectivity index (χ4v) is 3.25. The number of amides is 2. The van der Waals surface area contributed by atoms with Crippen LogP contribution in [0.15, 0.2) is 54.6 Å². The summed E-state index contributed by atoms with van der Waals surface area (Å²) in [4.78, 5) is 25.1. The number of rotatable bonds is 13. The smallest absolute Gasteiger partial charge is 0.242 e. The zero-order valence-electron chi connectivity index (χ0n) is 18.3. The molecule has 2 aromatic carbocycles. The first-order chi connectivity index (χ1) is 15.4. The third-order valence-electron chi connectivity index (χ3n) is 5.00. The highest BCUT2D eigenvalue weighted by atomic mass is 16.3. The minimum Gasteiger partial charge on any atom is -0.508 e. The molecule has 0 bridgehead atoms. The summed E-state index contributed by atoms with van der Waals surface area (Å²) >= 11 is 0. The van der Waals surface area contributed by atoms with Crippen LogP contribution in [0.25, 0.3) is 0 Å². The van der Waals surface area contributed by atoms with Crippen molar-refractivity contribution >= 4 is 17.8 Å². The van der Waals surface area contributed by atoms with Gasteiger partial charge in [-0.25, -0.2) is 0 Å². The number of guanidine groups is 1. The van der Waals surface area contributed by atoms with E-state index in [4.69, 9.17) is 11.1 Å². The van der Waals surface area contributed by atoms with E-state index >= 15 is 0 Å². The largest absolute Gasteiger partial charge is 0.508 e. The predicted octanol–water partition coefficient (Wildman–Crippen LogP) is 2.17. The zero-order valence-corrected chi connectivity index (χ0v) is 18.3. The highest BCUT2D eigenvalue weighted by Gasteiger charge is 2.20. The lowest BCUT2D eigenvalue weighted by molar-refractivity contribution is -0.129. The molecule has 0 aliphatic heterocycles. The van der Waals surface area contributed by atoms with Crippen molar-refractivity contribution in [1.29, 1.82) is 5.41 Å². The van der Waals surface area contributed by atoms with Crippen molar-refractivity contribution in [3.8, 4) is 5.75 Å². The highest BCUT2D eigenvalue weighted by molar-refractivity contribution is 5.87. The van der Waals surface area contributed by atoms with Gasteiger partial charge in [-0.3, -0.25) is 15.0 Å². The van der Waals surface area contributed by atoms with E-state index in [-0.39, 0.29) is 23.5 Å². The van der Waals surface area contributed by atoms with Gasteiger partial charge < -0.3 is 26.8 Å². The fourth-order valence-electron chi connectivity index (χ4n) is 3.25. The summed E-state index contributed by atoms with van der Waals surface area (Å²) in [7, 11) is 0. The van der Waals surface area contributed by atoms with Crippen molar-refractivity contribution in [2.45, 2.75) is 51.1 Å². The Balaban J connectivity index is 1.80. The monoisotopic (exact) mass is 439 g/mol. The Hall–Kier alpha value is -3.55. The summed E-state index contributed by atoms with van der Waals surface area (Å²) < 4.78 is 0. The SMILES string of the molecule is N=C(N)NCCC[C@@H](NC(=O)CCCCc1ccccc1)C(=O)NCc1ccc(O)cc1. The van der Waals surface area contributed by atoms with Crippen LogP contribution in [-0.2, 0) is 22.6 Å². The van der Waals surface area contributed by atoms with Gasteiger partial charge in [0.25, 0.3) is 0 Å². The molecule has 0 fully saturated rings. The van der Waals surface area contributed by atoms with Crippen molar-refractivity contribution in [3.63, 3.8) is 0 Å². The van der Waals surface area contributed by atoms with Gasteiger partial charge in [-0.15, -0.1) is 0 Å². The number of benzene rings is 2. The molecule has 0 saturated carbocycles. The average molecular weight is 440 g/mol. The van der Waals surface area contributed by atoms with Gasteiger partial charge in [-0.1, -0.05) is 42.5 Å². The molecule has 1 atom stereocenters. The lowest BCUT2D eigenvalue weighted by atomic mass is 10.1. The molecular formula is C24H33N5O3. The second kappa shape index (κ2) is 13.7. The highest BCUT2D eigenvalue weighted by Crippen LogP contribution is 2.10. The third kappa shape index (κ3) is 9.97. The van der Waals surface area contributed by atoms with E-state index in [2.05, 4.69) is 28.1 Å². The molecule has 172 valence electrons. The number of carbonyl (C=O) groups is 2. The van der Waals surface area contributed by atoms with Gasteiger partial charge in [-0.2, -0.15) is 0 Å². The van der Waals surface area contributed by atoms with E-state index in [9.17, 15) is 14.7 Å². The second-order valence-corrected chi connectivity index (χ2v) is 7.68. The molecule has 0 radical (unpaired) electrons. The first-order valence-electron chi connectivity index (χ1n) is 10.9. The van der Waals surface area contributed by atoms with Crippen molar-refractivity contribution < 1.29 is 14.7 Å². The molecule has 8 heteroatoms. The number of phenols is 1. The van der Waals surface area contributed by atoms with Crippen molar-refractivity contribution in [3.05, 3.63) is 65.7 Å². The van der Waals surface area contributed by atoms with Gasteiger partial charge in [0.1, 0.15) is 11.8 Å². The van der Waals surface area contributed by atoms with Crippen LogP contribution in [0.2, 0.25) is 0 Å². The zero-order chi connectivity index (χ0) is 23.2. The first-order valence-corrected chi connectivity index (χ1v) is 10.9. The van der Waals surface area contributed by atoms with Gasteiger partial charge in [-0.05, 0) is 55.4 Å². The van der Waals surface area contributed by atoms with Crippen LogP contribution in [-0.4, -0.2) is 35.5 Å². The van der Waals surface area contributed by atoms with Crippen molar-refractivity contribution in [2.75, 3.05) is 6.54 Å². The number of nitrogens with one attached hydrogen (secondary N) is 4. The van der Waals surface area contributed by atoms with E-state index in [1.165, 1.54) is 5.56 Å². The van der Waals surface area contributed by atoms with Crippen LogP contribution in [0, 0.1) is 5.41 Å². The molecule has 8 nitrogen and oxygen atoms in total. The van der Waals surface area contributed by atoms with E-state index in [0.29, 0.717) is 32.4 Å². The number of hydrogen-bond donors (Lipinski definition) is 6. The minimum atomic E-state index is -0.664. The Morgan fingerprint density at radius 2 is 1.66 bits per heavy atom. The molecule has 0 aliphatic rings. The van der Waals surface area contributed by atoms with Crippen LogP contribution in [0.5, 0.6) is 5.75 Å².